The van der Waals surface area contributed by atoms with Crippen molar-refractivity contribution in [1.29, 1.82) is 0 Å². The first-order chi connectivity index (χ1) is 9.09. The maximum atomic E-state index is 12.4. The van der Waals surface area contributed by atoms with Crippen LogP contribution in [0, 0.1) is 5.92 Å². The predicted octanol–water partition coefficient (Wildman–Crippen LogP) is 2.04. The van der Waals surface area contributed by atoms with Crippen molar-refractivity contribution in [2.75, 3.05) is 19.6 Å². The minimum absolute atomic E-state index is 0.153. The second-order valence-corrected chi connectivity index (χ2v) is 6.21. The normalized spacial score (nSPS) is 24.1. The molecule has 0 spiro atoms. The van der Waals surface area contributed by atoms with Crippen LogP contribution in [0.1, 0.15) is 52.4 Å². The summed E-state index contributed by atoms with van der Waals surface area (Å²) in [5.74, 6) is 1.08. The molecule has 2 aliphatic rings. The Balaban J connectivity index is 1.86. The Bertz CT molecular complexity index is 341. The highest BCUT2D eigenvalue weighted by molar-refractivity contribution is 5.90. The average Bonchev–Trinajstić information content (AvgIpc) is 2.81. The van der Waals surface area contributed by atoms with Crippen molar-refractivity contribution in [3.8, 4) is 0 Å². The highest BCUT2D eigenvalue weighted by atomic mass is 16.2. The van der Waals surface area contributed by atoms with E-state index in [0.29, 0.717) is 13.0 Å². The molecule has 2 rings (SSSR count). The van der Waals surface area contributed by atoms with E-state index in [1.165, 1.54) is 12.8 Å². The number of hydrogen-bond donors (Lipinski definition) is 0. The fourth-order valence-electron chi connectivity index (χ4n) is 3.09. The van der Waals surface area contributed by atoms with Crippen LogP contribution < -0.4 is 0 Å². The van der Waals surface area contributed by atoms with Gasteiger partial charge < -0.3 is 9.80 Å². The minimum Gasteiger partial charge on any atom is -0.340 e. The van der Waals surface area contributed by atoms with E-state index in [1.54, 1.807) is 4.90 Å². The molecule has 0 aromatic carbocycles. The van der Waals surface area contributed by atoms with E-state index >= 15 is 0 Å². The number of unbranched alkanes of at least 4 members (excludes halogenated alkanes) is 1. The largest absolute Gasteiger partial charge is 0.340 e. The zero-order chi connectivity index (χ0) is 13.8. The van der Waals surface area contributed by atoms with Gasteiger partial charge in [0.15, 0.2) is 0 Å². The van der Waals surface area contributed by atoms with Crippen molar-refractivity contribution in [2.45, 2.75) is 58.4 Å². The first kappa shape index (κ1) is 14.4. The second-order valence-electron chi connectivity index (χ2n) is 6.21. The van der Waals surface area contributed by atoms with Gasteiger partial charge in [0.1, 0.15) is 6.04 Å². The van der Waals surface area contributed by atoms with Crippen molar-refractivity contribution in [3.63, 3.8) is 0 Å². The molecule has 0 N–H and O–H groups in total. The summed E-state index contributed by atoms with van der Waals surface area (Å²) in [6.45, 7) is 6.67. The summed E-state index contributed by atoms with van der Waals surface area (Å²) in [6.07, 6.45) is 5.79. The molecule has 2 heterocycles. The van der Waals surface area contributed by atoms with E-state index < -0.39 is 0 Å². The van der Waals surface area contributed by atoms with Crippen molar-refractivity contribution in [3.05, 3.63) is 0 Å². The van der Waals surface area contributed by atoms with Crippen LogP contribution in [0.25, 0.3) is 0 Å². The molecule has 19 heavy (non-hydrogen) atoms. The van der Waals surface area contributed by atoms with Gasteiger partial charge in [-0.15, -0.1) is 0 Å². The summed E-state index contributed by atoms with van der Waals surface area (Å²) < 4.78 is 0. The number of carbonyl (C=O) groups excluding carboxylic acids is 2. The quantitative estimate of drug-likeness (QED) is 0.714. The maximum Gasteiger partial charge on any atom is 0.245 e. The molecule has 0 saturated carbocycles. The zero-order valence-corrected chi connectivity index (χ0v) is 12.2. The molecular weight excluding hydrogens is 240 g/mol. The Morgan fingerprint density at radius 1 is 1.21 bits per heavy atom. The van der Waals surface area contributed by atoms with E-state index in [2.05, 4.69) is 13.8 Å². The summed E-state index contributed by atoms with van der Waals surface area (Å²) in [6, 6.07) is -0.153. The molecule has 4 heteroatoms. The summed E-state index contributed by atoms with van der Waals surface area (Å²) in [7, 11) is 0. The van der Waals surface area contributed by atoms with Gasteiger partial charge in [-0.3, -0.25) is 9.59 Å². The van der Waals surface area contributed by atoms with Gasteiger partial charge in [0.05, 0.1) is 0 Å². The van der Waals surface area contributed by atoms with Gasteiger partial charge in [0.25, 0.3) is 0 Å². The van der Waals surface area contributed by atoms with Gasteiger partial charge in [-0.2, -0.15) is 0 Å². The Hall–Kier alpha value is -1.06. The van der Waals surface area contributed by atoms with Gasteiger partial charge >= 0.3 is 0 Å². The van der Waals surface area contributed by atoms with Crippen molar-refractivity contribution < 1.29 is 9.59 Å². The molecular formula is C15H26N2O2. The van der Waals surface area contributed by atoms with E-state index in [1.807, 2.05) is 4.90 Å². The monoisotopic (exact) mass is 266 g/mol. The number of amides is 2. The molecule has 0 aliphatic carbocycles. The number of fused-ring (bicyclic) bond motifs is 1. The van der Waals surface area contributed by atoms with Crippen LogP contribution in [0.3, 0.4) is 0 Å². The highest BCUT2D eigenvalue weighted by Gasteiger charge is 2.38. The molecule has 0 aromatic heterocycles. The lowest BCUT2D eigenvalue weighted by molar-refractivity contribution is -0.139. The van der Waals surface area contributed by atoms with Crippen LogP contribution in [0.4, 0.5) is 0 Å². The van der Waals surface area contributed by atoms with Crippen molar-refractivity contribution in [1.82, 2.24) is 9.80 Å². The molecule has 108 valence electrons. The lowest BCUT2D eigenvalue weighted by Crippen LogP contribution is -2.43. The third-order valence-corrected chi connectivity index (χ3v) is 4.22. The van der Waals surface area contributed by atoms with Gasteiger partial charge in [-0.05, 0) is 25.2 Å². The van der Waals surface area contributed by atoms with E-state index in [4.69, 9.17) is 0 Å². The van der Waals surface area contributed by atoms with Crippen molar-refractivity contribution in [2.24, 2.45) is 5.92 Å². The summed E-state index contributed by atoms with van der Waals surface area (Å²) in [5, 5.41) is 0. The predicted molar refractivity (Wildman–Crippen MR) is 74.6 cm³/mol. The Morgan fingerprint density at radius 2 is 2.00 bits per heavy atom. The molecule has 0 aromatic rings. The molecule has 2 amide bonds. The molecule has 1 atom stereocenters. The summed E-state index contributed by atoms with van der Waals surface area (Å²) in [4.78, 5) is 28.1. The number of carbonyl (C=O) groups is 2. The van der Waals surface area contributed by atoms with Crippen LogP contribution in [0.2, 0.25) is 0 Å². The van der Waals surface area contributed by atoms with Crippen LogP contribution in [-0.2, 0) is 9.59 Å². The first-order valence-corrected chi connectivity index (χ1v) is 7.68. The fourth-order valence-corrected chi connectivity index (χ4v) is 3.09. The van der Waals surface area contributed by atoms with Crippen LogP contribution in [0.15, 0.2) is 0 Å². The van der Waals surface area contributed by atoms with E-state index in [0.717, 1.165) is 38.3 Å². The molecule has 1 unspecified atom stereocenters. The Labute approximate surface area is 116 Å². The standard InChI is InChI=1S/C15H26N2O2/c1-12(2)6-3-4-9-16-11-8-14(18)17-10-5-7-13(17)15(16)19/h12-13H,3-11H2,1-2H3. The fraction of sp³-hybridized carbons (Fsp3) is 0.867. The Morgan fingerprint density at radius 3 is 2.74 bits per heavy atom. The van der Waals surface area contributed by atoms with Crippen LogP contribution in [-0.4, -0.2) is 47.3 Å². The van der Waals surface area contributed by atoms with Gasteiger partial charge in [0, 0.05) is 26.1 Å². The smallest absolute Gasteiger partial charge is 0.245 e. The third-order valence-electron chi connectivity index (χ3n) is 4.22. The van der Waals surface area contributed by atoms with Gasteiger partial charge in [-0.25, -0.2) is 0 Å². The number of nitrogens with zero attached hydrogens (tertiary/aromatic N) is 2. The lowest BCUT2D eigenvalue weighted by Gasteiger charge is -2.25. The summed E-state index contributed by atoms with van der Waals surface area (Å²) in [5.41, 5.74) is 0. The van der Waals surface area contributed by atoms with E-state index in [-0.39, 0.29) is 17.9 Å². The summed E-state index contributed by atoms with van der Waals surface area (Å²) >= 11 is 0. The molecule has 0 bridgehead atoms. The molecule has 0 radical (unpaired) electrons. The average molecular weight is 266 g/mol. The highest BCUT2D eigenvalue weighted by Crippen LogP contribution is 2.23. The van der Waals surface area contributed by atoms with Crippen LogP contribution >= 0.6 is 0 Å². The Kier molecular flexibility index (Phi) is 4.83. The number of hydrogen-bond acceptors (Lipinski definition) is 2. The SMILES string of the molecule is CC(C)CCCCN1CCC(=O)N2CCCC2C1=O. The number of rotatable bonds is 5. The third kappa shape index (κ3) is 3.48. The van der Waals surface area contributed by atoms with Gasteiger partial charge in [0.2, 0.25) is 11.8 Å². The van der Waals surface area contributed by atoms with Crippen molar-refractivity contribution >= 4 is 11.8 Å². The van der Waals surface area contributed by atoms with Gasteiger partial charge in [-0.1, -0.05) is 26.7 Å². The molecule has 4 nitrogen and oxygen atoms in total. The molecule has 2 fully saturated rings. The minimum atomic E-state index is -0.153. The second kappa shape index (κ2) is 6.40. The molecule has 2 saturated heterocycles. The zero-order valence-electron chi connectivity index (χ0n) is 12.2. The van der Waals surface area contributed by atoms with E-state index in [9.17, 15) is 9.59 Å². The molecule has 2 aliphatic heterocycles. The topological polar surface area (TPSA) is 40.6 Å². The van der Waals surface area contributed by atoms with Crippen LogP contribution in [0.5, 0.6) is 0 Å². The lowest BCUT2D eigenvalue weighted by atomic mass is 10.1. The first-order valence-electron chi connectivity index (χ1n) is 7.68. The maximum absolute atomic E-state index is 12.4.